The van der Waals surface area contributed by atoms with Crippen LogP contribution >= 0.6 is 0 Å². The van der Waals surface area contributed by atoms with Crippen LogP contribution in [0.1, 0.15) is 37.8 Å². The monoisotopic (exact) mass is 486 g/mol. The van der Waals surface area contributed by atoms with Crippen LogP contribution in [0.25, 0.3) is 11.3 Å². The molecular weight excluding hydrogens is 444 g/mol. The molecule has 4 rings (SSSR count). The molecule has 1 aliphatic heterocycles. The number of nitrogens with two attached hydrogens (primary N) is 1. The summed E-state index contributed by atoms with van der Waals surface area (Å²) in [6.07, 6.45) is 4.38. The topological polar surface area (TPSA) is 54.6 Å². The van der Waals surface area contributed by atoms with Gasteiger partial charge in [0.05, 0.1) is 12.3 Å². The largest absolute Gasteiger partial charge is 0.493 e. The summed E-state index contributed by atoms with van der Waals surface area (Å²) in [5.41, 5.74) is 10.6. The van der Waals surface area contributed by atoms with E-state index in [0.717, 1.165) is 82.1 Å². The average Bonchev–Trinajstić information content (AvgIpc) is 2.90. The summed E-state index contributed by atoms with van der Waals surface area (Å²) in [7, 11) is 0. The zero-order valence-electron chi connectivity index (χ0n) is 22.0. The molecule has 0 saturated carbocycles. The molecule has 2 aromatic carbocycles. The second kappa shape index (κ2) is 13.4. The number of nitrogen functional groups attached to an aromatic ring is 1. The Morgan fingerprint density at radius 2 is 1.53 bits per heavy atom. The molecule has 1 saturated heterocycles. The number of nitrogens with zero attached hydrogens (tertiary/aromatic N) is 3. The van der Waals surface area contributed by atoms with Gasteiger partial charge in [-0.1, -0.05) is 56.3 Å². The van der Waals surface area contributed by atoms with Crippen molar-refractivity contribution in [2.75, 3.05) is 51.6 Å². The minimum Gasteiger partial charge on any atom is -0.493 e. The van der Waals surface area contributed by atoms with Crippen LogP contribution in [-0.4, -0.2) is 60.7 Å². The van der Waals surface area contributed by atoms with Crippen molar-refractivity contribution in [2.45, 2.75) is 39.5 Å². The van der Waals surface area contributed by atoms with E-state index in [1.807, 2.05) is 18.2 Å². The fourth-order valence-corrected chi connectivity index (χ4v) is 4.78. The normalized spacial score (nSPS) is 14.9. The van der Waals surface area contributed by atoms with Gasteiger partial charge in [0.1, 0.15) is 11.6 Å². The summed E-state index contributed by atoms with van der Waals surface area (Å²) in [6.45, 7) is 12.0. The highest BCUT2D eigenvalue weighted by molar-refractivity contribution is 5.68. The fourth-order valence-electron chi connectivity index (χ4n) is 4.78. The van der Waals surface area contributed by atoms with E-state index in [9.17, 15) is 0 Å². The maximum Gasteiger partial charge on any atom is 0.128 e. The van der Waals surface area contributed by atoms with Gasteiger partial charge in [-0.2, -0.15) is 0 Å². The lowest BCUT2D eigenvalue weighted by atomic mass is 10.0. The van der Waals surface area contributed by atoms with E-state index in [4.69, 9.17) is 10.5 Å². The van der Waals surface area contributed by atoms with Gasteiger partial charge in [0.15, 0.2) is 0 Å². The van der Waals surface area contributed by atoms with E-state index in [1.54, 1.807) is 0 Å². The van der Waals surface area contributed by atoms with E-state index in [0.29, 0.717) is 11.7 Å². The van der Waals surface area contributed by atoms with Gasteiger partial charge in [0.25, 0.3) is 0 Å². The van der Waals surface area contributed by atoms with Crippen LogP contribution < -0.4 is 10.5 Å². The Labute approximate surface area is 217 Å². The Morgan fingerprint density at radius 1 is 0.833 bits per heavy atom. The number of anilines is 1. The molecular formula is C31H42N4O. The van der Waals surface area contributed by atoms with Gasteiger partial charge in [-0.3, -0.25) is 0 Å². The van der Waals surface area contributed by atoms with Crippen LogP contribution in [0.4, 0.5) is 5.82 Å². The molecule has 5 nitrogen and oxygen atoms in total. The highest BCUT2D eigenvalue weighted by Gasteiger charge is 2.17. The predicted octanol–water partition coefficient (Wildman–Crippen LogP) is 5.55. The van der Waals surface area contributed by atoms with Gasteiger partial charge in [0.2, 0.25) is 0 Å². The molecule has 0 atom stereocenters. The molecule has 0 bridgehead atoms. The molecule has 0 radical (unpaired) electrons. The summed E-state index contributed by atoms with van der Waals surface area (Å²) in [5.74, 6) is 2.14. The number of pyridine rings is 1. The van der Waals surface area contributed by atoms with E-state index in [2.05, 4.69) is 77.2 Å². The number of hydrogen-bond acceptors (Lipinski definition) is 5. The van der Waals surface area contributed by atoms with Gasteiger partial charge < -0.3 is 20.3 Å². The highest BCUT2D eigenvalue weighted by Crippen LogP contribution is 2.31. The number of ether oxygens (including phenoxy) is 1. The number of benzene rings is 2. The van der Waals surface area contributed by atoms with Crippen LogP contribution in [0.15, 0.2) is 66.7 Å². The third-order valence-electron chi connectivity index (χ3n) is 7.02. The summed E-state index contributed by atoms with van der Waals surface area (Å²) < 4.78 is 6.29. The second-order valence-corrected chi connectivity index (χ2v) is 10.3. The first-order valence-corrected chi connectivity index (χ1v) is 13.5. The van der Waals surface area contributed by atoms with Gasteiger partial charge >= 0.3 is 0 Å². The Balaban J connectivity index is 1.31. The smallest absolute Gasteiger partial charge is 0.128 e. The summed E-state index contributed by atoms with van der Waals surface area (Å²) in [5, 5.41) is 0. The van der Waals surface area contributed by atoms with E-state index in [-0.39, 0.29) is 0 Å². The molecule has 1 aliphatic rings. The molecule has 2 N–H and O–H groups in total. The average molecular weight is 487 g/mol. The lowest BCUT2D eigenvalue weighted by Gasteiger charge is -2.34. The van der Waals surface area contributed by atoms with Crippen LogP contribution in [0.2, 0.25) is 0 Å². The molecule has 192 valence electrons. The van der Waals surface area contributed by atoms with Gasteiger partial charge in [0, 0.05) is 44.8 Å². The summed E-state index contributed by atoms with van der Waals surface area (Å²) in [4.78, 5) is 9.73. The number of piperazine rings is 1. The first kappa shape index (κ1) is 26.2. The van der Waals surface area contributed by atoms with E-state index < -0.39 is 0 Å². The molecule has 0 aliphatic carbocycles. The van der Waals surface area contributed by atoms with Crippen LogP contribution in [0.5, 0.6) is 5.75 Å². The second-order valence-electron chi connectivity index (χ2n) is 10.3. The quantitative estimate of drug-likeness (QED) is 0.340. The molecule has 5 heteroatoms. The van der Waals surface area contributed by atoms with Crippen LogP contribution in [0.3, 0.4) is 0 Å². The van der Waals surface area contributed by atoms with Crippen molar-refractivity contribution in [1.29, 1.82) is 0 Å². The van der Waals surface area contributed by atoms with Crippen molar-refractivity contribution in [2.24, 2.45) is 5.92 Å². The lowest BCUT2D eigenvalue weighted by Crippen LogP contribution is -2.47. The van der Waals surface area contributed by atoms with Crippen LogP contribution in [-0.2, 0) is 12.8 Å². The van der Waals surface area contributed by atoms with E-state index >= 15 is 0 Å². The van der Waals surface area contributed by atoms with Crippen molar-refractivity contribution in [1.82, 2.24) is 14.8 Å². The fraction of sp³-hybridized carbons (Fsp3) is 0.452. The first-order valence-electron chi connectivity index (χ1n) is 13.5. The number of hydrogen-bond donors (Lipinski definition) is 1. The number of rotatable bonds is 12. The zero-order chi connectivity index (χ0) is 25.2. The van der Waals surface area contributed by atoms with Gasteiger partial charge in [-0.25, -0.2) is 4.98 Å². The lowest BCUT2D eigenvalue weighted by molar-refractivity contribution is 0.134. The van der Waals surface area contributed by atoms with E-state index in [1.165, 1.54) is 17.5 Å². The Morgan fingerprint density at radius 3 is 2.19 bits per heavy atom. The zero-order valence-corrected chi connectivity index (χ0v) is 22.0. The summed E-state index contributed by atoms with van der Waals surface area (Å²) in [6, 6.07) is 23.2. The standard InChI is InChI=1S/C31H42N4O/c1-25(2)8-7-23-36-30-24-27(13-14-28(30)29-11-6-12-31(32)33-29)16-18-35-21-19-34(20-22-35)17-15-26-9-4-3-5-10-26/h3-6,9-14,24-25H,7-8,15-23H2,1-2H3,(H2,32,33). The maximum absolute atomic E-state index is 6.29. The van der Waals surface area contributed by atoms with Gasteiger partial charge in [-0.15, -0.1) is 0 Å². The van der Waals surface area contributed by atoms with Gasteiger partial charge in [-0.05, 0) is 67.0 Å². The molecule has 1 aromatic heterocycles. The van der Waals surface area contributed by atoms with Crippen molar-refractivity contribution >= 4 is 5.82 Å². The molecule has 3 aromatic rings. The molecule has 1 fully saturated rings. The molecule has 36 heavy (non-hydrogen) atoms. The third kappa shape index (κ3) is 8.07. The molecule has 0 spiro atoms. The molecule has 2 heterocycles. The maximum atomic E-state index is 6.29. The predicted molar refractivity (Wildman–Crippen MR) is 150 cm³/mol. The highest BCUT2D eigenvalue weighted by atomic mass is 16.5. The summed E-state index contributed by atoms with van der Waals surface area (Å²) >= 11 is 0. The van der Waals surface area contributed by atoms with Crippen molar-refractivity contribution in [3.63, 3.8) is 0 Å². The number of aromatic nitrogens is 1. The minimum absolute atomic E-state index is 0.533. The SMILES string of the molecule is CC(C)CCCOc1cc(CCN2CCN(CCc3ccccc3)CC2)ccc1-c1cccc(N)n1. The molecule has 0 amide bonds. The Kier molecular flexibility index (Phi) is 9.76. The van der Waals surface area contributed by atoms with Crippen LogP contribution in [0, 0.1) is 5.92 Å². The minimum atomic E-state index is 0.533. The molecule has 0 unspecified atom stereocenters. The Bertz CT molecular complexity index is 1060. The van der Waals surface area contributed by atoms with Crippen molar-refractivity contribution in [3.8, 4) is 17.0 Å². The Hall–Kier alpha value is -2.89. The van der Waals surface area contributed by atoms with Crippen molar-refractivity contribution < 1.29 is 4.74 Å². The van der Waals surface area contributed by atoms with Crippen molar-refractivity contribution in [3.05, 3.63) is 77.9 Å². The first-order chi connectivity index (χ1) is 17.6. The third-order valence-corrected chi connectivity index (χ3v) is 7.02.